The second-order valence-corrected chi connectivity index (χ2v) is 10.9. The first kappa shape index (κ1) is 24.4. The minimum Gasteiger partial charge on any atom is -0.390 e. The lowest BCUT2D eigenvalue weighted by Crippen LogP contribution is -2.60. The molecule has 0 unspecified atom stereocenters. The Balaban J connectivity index is 1.40. The van der Waals surface area contributed by atoms with Crippen molar-refractivity contribution in [3.8, 4) is 0 Å². The summed E-state index contributed by atoms with van der Waals surface area (Å²) in [5, 5.41) is 21.4. The van der Waals surface area contributed by atoms with Crippen LogP contribution in [0.4, 0.5) is 0 Å². The fourth-order valence-electron chi connectivity index (χ4n) is 6.13. The van der Waals surface area contributed by atoms with Crippen LogP contribution in [0.2, 0.25) is 0 Å². The number of rotatable bonds is 8. The van der Waals surface area contributed by atoms with E-state index >= 15 is 0 Å². The molecule has 0 bridgehead atoms. The highest BCUT2D eigenvalue weighted by Crippen LogP contribution is 2.20. The maximum Gasteiger partial charge on any atom is 0.0794 e. The van der Waals surface area contributed by atoms with Crippen molar-refractivity contribution in [2.24, 2.45) is 11.8 Å². The second kappa shape index (κ2) is 11.6. The van der Waals surface area contributed by atoms with E-state index in [2.05, 4.69) is 47.3 Å². The van der Waals surface area contributed by atoms with Crippen LogP contribution in [0.15, 0.2) is 0 Å². The Morgan fingerprint density at radius 1 is 0.633 bits per heavy atom. The topological polar surface area (TPSA) is 53.4 Å². The molecule has 3 fully saturated rings. The van der Waals surface area contributed by atoms with Crippen molar-refractivity contribution < 1.29 is 10.2 Å². The molecule has 2 N–H and O–H groups in total. The summed E-state index contributed by atoms with van der Waals surface area (Å²) in [5.41, 5.74) is 0. The summed E-state index contributed by atoms with van der Waals surface area (Å²) < 4.78 is 0. The van der Waals surface area contributed by atoms with Gasteiger partial charge in [0.25, 0.3) is 0 Å². The molecule has 0 aromatic carbocycles. The minimum absolute atomic E-state index is 0.270. The second-order valence-electron chi connectivity index (χ2n) is 10.9. The lowest BCUT2D eigenvalue weighted by atomic mass is 9.99. The highest BCUT2D eigenvalue weighted by molar-refractivity contribution is 4.88. The van der Waals surface area contributed by atoms with E-state index in [1.54, 1.807) is 0 Å². The van der Waals surface area contributed by atoms with Gasteiger partial charge in [0.1, 0.15) is 0 Å². The van der Waals surface area contributed by atoms with Gasteiger partial charge in [0.05, 0.1) is 12.2 Å². The molecule has 30 heavy (non-hydrogen) atoms. The summed E-state index contributed by atoms with van der Waals surface area (Å²) in [7, 11) is 0. The number of β-amino-alcohol motifs (C(OH)–C–C–N with tert-alkyl or cyclic N) is 2. The Bertz CT molecular complexity index is 496. The average Bonchev–Trinajstić information content (AvgIpc) is 2.64. The molecule has 0 radical (unpaired) electrons. The number of nitrogens with zero attached hydrogens (tertiary/aromatic N) is 4. The quantitative estimate of drug-likeness (QED) is 0.617. The van der Waals surface area contributed by atoms with Crippen LogP contribution in [0, 0.1) is 11.8 Å². The minimum atomic E-state index is -0.279. The lowest BCUT2D eigenvalue weighted by Gasteiger charge is -2.46. The first-order chi connectivity index (χ1) is 14.3. The maximum absolute atomic E-state index is 10.7. The zero-order valence-corrected chi connectivity index (χ0v) is 20.0. The molecule has 3 heterocycles. The molecule has 3 saturated heterocycles. The predicted octanol–water partition coefficient (Wildman–Crippen LogP) is 1.57. The zero-order chi connectivity index (χ0) is 21.7. The zero-order valence-electron chi connectivity index (χ0n) is 20.0. The van der Waals surface area contributed by atoms with Gasteiger partial charge in [-0.25, -0.2) is 0 Å². The van der Waals surface area contributed by atoms with Gasteiger partial charge < -0.3 is 20.0 Å². The van der Waals surface area contributed by atoms with E-state index in [4.69, 9.17) is 0 Å². The molecule has 3 aliphatic rings. The van der Waals surface area contributed by atoms with Gasteiger partial charge in [-0.15, -0.1) is 0 Å². The van der Waals surface area contributed by atoms with Gasteiger partial charge in [0, 0.05) is 64.4 Å². The summed E-state index contributed by atoms with van der Waals surface area (Å²) in [6.45, 7) is 18.8. The van der Waals surface area contributed by atoms with Crippen LogP contribution in [0.1, 0.15) is 53.4 Å². The summed E-state index contributed by atoms with van der Waals surface area (Å²) in [6.07, 6.45) is 4.63. The third kappa shape index (κ3) is 7.42. The fourth-order valence-corrected chi connectivity index (χ4v) is 6.13. The van der Waals surface area contributed by atoms with E-state index in [-0.39, 0.29) is 12.2 Å². The monoisotopic (exact) mass is 424 g/mol. The predicted molar refractivity (Wildman–Crippen MR) is 124 cm³/mol. The highest BCUT2D eigenvalue weighted by atomic mass is 16.3. The van der Waals surface area contributed by atoms with Crippen molar-refractivity contribution in [1.29, 1.82) is 0 Å². The standard InChI is InChI=1S/C24H48N4O2/c1-19-7-5-9-25(11-19)15-23(29)17-27-13-21(3)28(22(4)14-27)18-24(30)16-26-10-6-8-20(2)12-26/h19-24,29-30H,5-18H2,1-4H3/t19-,20-,21-,22+,23-,24+/m0/s1. The average molecular weight is 425 g/mol. The van der Waals surface area contributed by atoms with Crippen LogP contribution in [-0.4, -0.2) is 120 Å². The van der Waals surface area contributed by atoms with E-state index in [1.165, 1.54) is 25.7 Å². The molecule has 0 saturated carbocycles. The number of hydrogen-bond donors (Lipinski definition) is 2. The van der Waals surface area contributed by atoms with Gasteiger partial charge in [-0.2, -0.15) is 0 Å². The Labute approximate surface area is 185 Å². The molecule has 3 aliphatic heterocycles. The molecule has 6 atom stereocenters. The van der Waals surface area contributed by atoms with Crippen molar-refractivity contribution in [2.75, 3.05) is 65.4 Å². The van der Waals surface area contributed by atoms with E-state index in [0.717, 1.165) is 77.3 Å². The normalized spacial score (nSPS) is 35.4. The van der Waals surface area contributed by atoms with Crippen LogP contribution >= 0.6 is 0 Å². The van der Waals surface area contributed by atoms with Gasteiger partial charge >= 0.3 is 0 Å². The molecule has 3 rings (SSSR count). The van der Waals surface area contributed by atoms with Crippen LogP contribution < -0.4 is 0 Å². The van der Waals surface area contributed by atoms with Gasteiger partial charge in [-0.05, 0) is 64.5 Å². The molecule has 0 aliphatic carbocycles. The Hall–Kier alpha value is -0.240. The Morgan fingerprint density at radius 3 is 1.53 bits per heavy atom. The summed E-state index contributed by atoms with van der Waals surface area (Å²) in [5.74, 6) is 1.51. The van der Waals surface area contributed by atoms with Gasteiger partial charge in [0.15, 0.2) is 0 Å². The number of hydrogen-bond acceptors (Lipinski definition) is 6. The van der Waals surface area contributed by atoms with Gasteiger partial charge in [-0.1, -0.05) is 13.8 Å². The molecule has 176 valence electrons. The largest absolute Gasteiger partial charge is 0.390 e. The number of aliphatic hydroxyl groups excluding tert-OH is 2. The van der Waals surface area contributed by atoms with E-state index < -0.39 is 0 Å². The molecule has 0 spiro atoms. The van der Waals surface area contributed by atoms with Crippen molar-refractivity contribution in [3.05, 3.63) is 0 Å². The number of piperidine rings is 2. The molecule has 6 nitrogen and oxygen atoms in total. The van der Waals surface area contributed by atoms with E-state index in [9.17, 15) is 10.2 Å². The van der Waals surface area contributed by atoms with E-state index in [1.807, 2.05) is 0 Å². The van der Waals surface area contributed by atoms with Crippen LogP contribution in [-0.2, 0) is 0 Å². The van der Waals surface area contributed by atoms with Crippen LogP contribution in [0.3, 0.4) is 0 Å². The molecule has 6 heteroatoms. The van der Waals surface area contributed by atoms with Crippen molar-refractivity contribution in [2.45, 2.75) is 77.7 Å². The van der Waals surface area contributed by atoms with Crippen LogP contribution in [0.25, 0.3) is 0 Å². The number of likely N-dealkylation sites (tertiary alicyclic amines) is 2. The number of piperazine rings is 1. The van der Waals surface area contributed by atoms with Gasteiger partial charge in [0.2, 0.25) is 0 Å². The van der Waals surface area contributed by atoms with Crippen molar-refractivity contribution in [3.63, 3.8) is 0 Å². The molecular weight excluding hydrogens is 376 g/mol. The third-order valence-electron chi connectivity index (χ3n) is 7.49. The SMILES string of the molecule is C[C@H]1CCCN(C[C@@H](O)CN2[C@H](C)CN(C[C@@H](O)CN3CCC[C@H](C)C3)C[C@@H]2C)C1. The Morgan fingerprint density at radius 2 is 1.07 bits per heavy atom. The van der Waals surface area contributed by atoms with E-state index in [0.29, 0.717) is 12.1 Å². The summed E-state index contributed by atoms with van der Waals surface area (Å²) in [6, 6.07) is 0.816. The van der Waals surface area contributed by atoms with Gasteiger partial charge in [-0.3, -0.25) is 9.80 Å². The fraction of sp³-hybridized carbons (Fsp3) is 1.00. The molecule has 0 aromatic rings. The first-order valence-corrected chi connectivity index (χ1v) is 12.6. The van der Waals surface area contributed by atoms with Crippen molar-refractivity contribution >= 4 is 0 Å². The first-order valence-electron chi connectivity index (χ1n) is 12.6. The lowest BCUT2D eigenvalue weighted by molar-refractivity contribution is -0.0227. The molecular formula is C24H48N4O2. The van der Waals surface area contributed by atoms with Crippen molar-refractivity contribution in [1.82, 2.24) is 19.6 Å². The highest BCUT2D eigenvalue weighted by Gasteiger charge is 2.32. The smallest absolute Gasteiger partial charge is 0.0794 e. The Kier molecular flexibility index (Phi) is 9.41. The molecule has 0 amide bonds. The molecule has 0 aromatic heterocycles. The number of aliphatic hydroxyl groups is 2. The third-order valence-corrected chi connectivity index (χ3v) is 7.49. The summed E-state index contributed by atoms with van der Waals surface area (Å²) >= 11 is 0. The van der Waals surface area contributed by atoms with Crippen LogP contribution in [0.5, 0.6) is 0 Å². The maximum atomic E-state index is 10.7. The summed E-state index contributed by atoms with van der Waals surface area (Å²) in [4.78, 5) is 9.80.